The first kappa shape index (κ1) is 22.0. The molecule has 0 aromatic heterocycles. The summed E-state index contributed by atoms with van der Waals surface area (Å²) in [5, 5.41) is 13.8. The lowest BCUT2D eigenvalue weighted by molar-refractivity contribution is -0.146. The zero-order valence-electron chi connectivity index (χ0n) is 16.2. The molecule has 0 aliphatic heterocycles. The predicted molar refractivity (Wildman–Crippen MR) is 111 cm³/mol. The van der Waals surface area contributed by atoms with Crippen molar-refractivity contribution in [2.75, 3.05) is 24.2 Å². The van der Waals surface area contributed by atoms with E-state index in [2.05, 4.69) is 10.6 Å². The van der Waals surface area contributed by atoms with Crippen LogP contribution in [-0.2, 0) is 14.3 Å². The van der Waals surface area contributed by atoms with Gasteiger partial charge in [0.05, 0.1) is 17.5 Å². The molecule has 2 aromatic rings. The van der Waals surface area contributed by atoms with E-state index < -0.39 is 24.4 Å². The molecule has 150 valence electrons. The van der Waals surface area contributed by atoms with E-state index in [0.717, 1.165) is 16.0 Å². The van der Waals surface area contributed by atoms with Crippen LogP contribution in [0, 0.1) is 25.2 Å². The molecule has 0 heterocycles. The summed E-state index contributed by atoms with van der Waals surface area (Å²) in [6, 6.07) is 14.3. The molecular formula is C21H21N3O4S. The van der Waals surface area contributed by atoms with Crippen molar-refractivity contribution in [2.24, 2.45) is 0 Å². The summed E-state index contributed by atoms with van der Waals surface area (Å²) in [7, 11) is 0. The quantitative estimate of drug-likeness (QED) is 0.511. The molecule has 2 amide bonds. The summed E-state index contributed by atoms with van der Waals surface area (Å²) in [6.07, 6.45) is 0. The van der Waals surface area contributed by atoms with Crippen molar-refractivity contribution in [3.8, 4) is 6.07 Å². The van der Waals surface area contributed by atoms with E-state index in [1.807, 2.05) is 26.0 Å². The number of hydrogen-bond acceptors (Lipinski definition) is 6. The minimum absolute atomic E-state index is 0.252. The number of benzene rings is 2. The topological polar surface area (TPSA) is 108 Å². The molecule has 0 fully saturated rings. The van der Waals surface area contributed by atoms with E-state index >= 15 is 0 Å². The normalized spacial score (nSPS) is 9.97. The van der Waals surface area contributed by atoms with E-state index in [1.54, 1.807) is 36.4 Å². The number of amides is 2. The zero-order chi connectivity index (χ0) is 21.2. The second kappa shape index (κ2) is 10.9. The van der Waals surface area contributed by atoms with E-state index in [9.17, 15) is 14.4 Å². The molecule has 0 radical (unpaired) electrons. The number of carbonyl (C=O) groups excluding carboxylic acids is 3. The molecule has 0 saturated heterocycles. The van der Waals surface area contributed by atoms with Crippen molar-refractivity contribution in [2.45, 2.75) is 18.7 Å². The Morgan fingerprint density at radius 2 is 1.86 bits per heavy atom. The van der Waals surface area contributed by atoms with Crippen molar-refractivity contribution < 1.29 is 19.1 Å². The average Bonchev–Trinajstić information content (AvgIpc) is 2.71. The van der Waals surface area contributed by atoms with Crippen molar-refractivity contribution in [1.29, 1.82) is 5.26 Å². The van der Waals surface area contributed by atoms with Gasteiger partial charge in [-0.05, 0) is 49.2 Å². The zero-order valence-corrected chi connectivity index (χ0v) is 17.0. The summed E-state index contributed by atoms with van der Waals surface area (Å²) in [5.74, 6) is -1.37. The standard InChI is InChI=1S/C21H21N3O4S/c1-14-7-8-16(11-15(14)2)21(27)23-12-20(26)28-13-19(25)24-17-5-3-4-6-18(17)29-10-9-22/h3-8,11H,10,12-13H2,1-2H3,(H,23,27)(H,24,25). The van der Waals surface area contributed by atoms with Gasteiger partial charge in [0.15, 0.2) is 6.61 Å². The van der Waals surface area contributed by atoms with Crippen LogP contribution in [0.5, 0.6) is 0 Å². The molecule has 0 aliphatic carbocycles. The highest BCUT2D eigenvalue weighted by Crippen LogP contribution is 2.26. The third-order valence-corrected chi connectivity index (χ3v) is 4.92. The fourth-order valence-electron chi connectivity index (χ4n) is 2.33. The molecule has 8 heteroatoms. The number of rotatable bonds is 8. The number of esters is 1. The molecule has 0 bridgehead atoms. The summed E-state index contributed by atoms with van der Waals surface area (Å²) in [5.41, 5.74) is 3.03. The Balaban J connectivity index is 1.79. The maximum atomic E-state index is 12.1. The van der Waals surface area contributed by atoms with Crippen LogP contribution in [0.2, 0.25) is 0 Å². The monoisotopic (exact) mass is 411 g/mol. The van der Waals surface area contributed by atoms with E-state index in [4.69, 9.17) is 10.00 Å². The van der Waals surface area contributed by atoms with Crippen LogP contribution in [-0.4, -0.2) is 36.7 Å². The summed E-state index contributed by atoms with van der Waals surface area (Å²) in [6.45, 7) is 3.03. The summed E-state index contributed by atoms with van der Waals surface area (Å²) < 4.78 is 4.90. The Kier molecular flexibility index (Phi) is 8.25. The number of nitrogens with zero attached hydrogens (tertiary/aromatic N) is 1. The van der Waals surface area contributed by atoms with Crippen molar-refractivity contribution in [3.63, 3.8) is 0 Å². The maximum absolute atomic E-state index is 12.1. The average molecular weight is 411 g/mol. The van der Waals surface area contributed by atoms with Crippen LogP contribution in [0.3, 0.4) is 0 Å². The third-order valence-electron chi connectivity index (χ3n) is 3.98. The fraction of sp³-hybridized carbons (Fsp3) is 0.238. The SMILES string of the molecule is Cc1ccc(C(=O)NCC(=O)OCC(=O)Nc2ccccc2SCC#N)cc1C. The molecule has 7 nitrogen and oxygen atoms in total. The van der Waals surface area contributed by atoms with Gasteiger partial charge in [0.2, 0.25) is 0 Å². The maximum Gasteiger partial charge on any atom is 0.325 e. The molecule has 0 unspecified atom stereocenters. The smallest absolute Gasteiger partial charge is 0.325 e. The van der Waals surface area contributed by atoms with Crippen molar-refractivity contribution in [1.82, 2.24) is 5.32 Å². The molecule has 0 spiro atoms. The lowest BCUT2D eigenvalue weighted by atomic mass is 10.1. The Morgan fingerprint density at radius 1 is 1.10 bits per heavy atom. The van der Waals surface area contributed by atoms with Crippen LogP contribution in [0.15, 0.2) is 47.4 Å². The number of ether oxygens (including phenoxy) is 1. The van der Waals surface area contributed by atoms with E-state index in [1.165, 1.54) is 11.8 Å². The van der Waals surface area contributed by atoms with Gasteiger partial charge in [-0.25, -0.2) is 0 Å². The molecule has 0 aliphatic rings. The lowest BCUT2D eigenvalue weighted by Gasteiger charge is -2.10. The fourth-order valence-corrected chi connectivity index (χ4v) is 3.00. The highest BCUT2D eigenvalue weighted by atomic mass is 32.2. The largest absolute Gasteiger partial charge is 0.454 e. The van der Waals surface area contributed by atoms with Crippen LogP contribution in [0.25, 0.3) is 0 Å². The Hall–Kier alpha value is -3.31. The number of anilines is 1. The molecule has 0 atom stereocenters. The van der Waals surface area contributed by atoms with Crippen LogP contribution < -0.4 is 10.6 Å². The Morgan fingerprint density at radius 3 is 2.59 bits per heavy atom. The number of thioether (sulfide) groups is 1. The molecule has 2 N–H and O–H groups in total. The molecular weight excluding hydrogens is 390 g/mol. The minimum Gasteiger partial charge on any atom is -0.454 e. The van der Waals surface area contributed by atoms with Crippen LogP contribution in [0.4, 0.5) is 5.69 Å². The number of para-hydroxylation sites is 1. The Labute approximate surface area is 173 Å². The van der Waals surface area contributed by atoms with Gasteiger partial charge in [-0.15, -0.1) is 11.8 Å². The number of nitrogens with one attached hydrogen (secondary N) is 2. The predicted octanol–water partition coefficient (Wildman–Crippen LogP) is 2.83. The van der Waals surface area contributed by atoms with Gasteiger partial charge in [0.1, 0.15) is 6.54 Å². The van der Waals surface area contributed by atoms with Gasteiger partial charge < -0.3 is 15.4 Å². The highest BCUT2D eigenvalue weighted by molar-refractivity contribution is 7.99. The number of carbonyl (C=O) groups is 3. The van der Waals surface area contributed by atoms with Gasteiger partial charge in [-0.1, -0.05) is 18.2 Å². The summed E-state index contributed by atoms with van der Waals surface area (Å²) in [4.78, 5) is 36.7. The number of aryl methyl sites for hydroxylation is 2. The first-order valence-corrected chi connectivity index (χ1v) is 9.79. The van der Waals surface area contributed by atoms with Gasteiger partial charge in [0.25, 0.3) is 11.8 Å². The first-order chi connectivity index (χ1) is 13.9. The number of nitriles is 1. The number of hydrogen-bond donors (Lipinski definition) is 2. The van der Waals surface area contributed by atoms with Gasteiger partial charge in [-0.2, -0.15) is 5.26 Å². The lowest BCUT2D eigenvalue weighted by Crippen LogP contribution is -2.32. The van der Waals surface area contributed by atoms with Gasteiger partial charge >= 0.3 is 5.97 Å². The van der Waals surface area contributed by atoms with Gasteiger partial charge in [-0.3, -0.25) is 14.4 Å². The second-order valence-electron chi connectivity index (χ2n) is 6.13. The van der Waals surface area contributed by atoms with Crippen LogP contribution >= 0.6 is 11.8 Å². The minimum atomic E-state index is -0.718. The van der Waals surface area contributed by atoms with E-state index in [0.29, 0.717) is 11.3 Å². The molecule has 0 saturated carbocycles. The third kappa shape index (κ3) is 6.97. The van der Waals surface area contributed by atoms with Gasteiger partial charge in [0, 0.05) is 10.5 Å². The van der Waals surface area contributed by atoms with Crippen LogP contribution in [0.1, 0.15) is 21.5 Å². The molecule has 2 aromatic carbocycles. The second-order valence-corrected chi connectivity index (χ2v) is 7.15. The molecule has 29 heavy (non-hydrogen) atoms. The highest BCUT2D eigenvalue weighted by Gasteiger charge is 2.12. The molecule has 2 rings (SSSR count). The van der Waals surface area contributed by atoms with Crippen molar-refractivity contribution in [3.05, 3.63) is 59.2 Å². The first-order valence-electron chi connectivity index (χ1n) is 8.80. The Bertz CT molecular complexity index is 953. The van der Waals surface area contributed by atoms with Crippen molar-refractivity contribution >= 4 is 35.2 Å². The summed E-state index contributed by atoms with van der Waals surface area (Å²) >= 11 is 1.29. The van der Waals surface area contributed by atoms with E-state index in [-0.39, 0.29) is 12.3 Å².